The summed E-state index contributed by atoms with van der Waals surface area (Å²) in [6.45, 7) is 5.72. The molecule has 3 aliphatic heterocycles. The number of nitro benzene ring substituents is 1. The largest absolute Gasteiger partial charge is 0.364 e. The molecule has 2 aromatic rings. The maximum absolute atomic E-state index is 14.0. The van der Waals surface area contributed by atoms with Gasteiger partial charge in [0, 0.05) is 56.5 Å². The van der Waals surface area contributed by atoms with E-state index in [0.29, 0.717) is 31.7 Å². The Kier molecular flexibility index (Phi) is 6.28. The maximum atomic E-state index is 14.0. The predicted octanol–water partition coefficient (Wildman–Crippen LogP) is 2.83. The Hall–Kier alpha value is -4.05. The van der Waals surface area contributed by atoms with Crippen molar-refractivity contribution in [3.05, 3.63) is 75.8 Å². The smallest absolute Gasteiger partial charge is 0.331 e. The molecule has 0 aromatic heterocycles. The second-order valence-corrected chi connectivity index (χ2v) is 10.0. The first-order valence-electron chi connectivity index (χ1n) is 12.4. The molecule has 4 amide bonds. The third-order valence-electron chi connectivity index (χ3n) is 7.52. The number of hydrogen-bond donors (Lipinski definition) is 1. The van der Waals surface area contributed by atoms with E-state index in [2.05, 4.69) is 16.3 Å². The molecular formula is C27H29N5O5. The molecule has 10 heteroatoms. The van der Waals surface area contributed by atoms with Crippen LogP contribution in [-0.4, -0.2) is 70.8 Å². The van der Waals surface area contributed by atoms with Crippen LogP contribution in [-0.2, 0) is 16.0 Å². The number of piperazine rings is 1. The molecule has 37 heavy (non-hydrogen) atoms. The molecule has 0 bridgehead atoms. The van der Waals surface area contributed by atoms with Gasteiger partial charge in [0.05, 0.1) is 11.0 Å². The molecule has 1 N–H and O–H groups in total. The molecule has 0 radical (unpaired) electrons. The minimum absolute atomic E-state index is 0.0138. The fourth-order valence-corrected chi connectivity index (χ4v) is 5.73. The standard InChI is InChI=1S/C27H29N5O5/c1-18(2)31-25(34)27(24(33)28-26(31)35)16-20-15-21(32(36)37)10-11-22(20)30-14-13-29(17-23(27)30)12-6-9-19-7-4-3-5-8-19/h3-11,15,18,23H,12-14,16-17H2,1-2H3,(H,28,33,35)/b9-6+/t23-,27-/m0/s1. The third kappa shape index (κ3) is 4.17. The molecule has 3 heterocycles. The van der Waals surface area contributed by atoms with Gasteiger partial charge in [0.25, 0.3) is 5.69 Å². The molecule has 3 aliphatic rings. The first-order chi connectivity index (χ1) is 17.7. The number of non-ortho nitro benzene ring substituents is 1. The molecule has 2 saturated heterocycles. The number of nitro groups is 1. The van der Waals surface area contributed by atoms with Crippen LogP contribution in [0.4, 0.5) is 16.2 Å². The van der Waals surface area contributed by atoms with Gasteiger partial charge in [0.15, 0.2) is 5.41 Å². The summed E-state index contributed by atoms with van der Waals surface area (Å²) in [4.78, 5) is 56.5. The van der Waals surface area contributed by atoms with E-state index in [-0.39, 0.29) is 12.1 Å². The molecule has 192 valence electrons. The molecule has 1 spiro atoms. The minimum atomic E-state index is -1.58. The molecule has 2 fully saturated rings. The summed E-state index contributed by atoms with van der Waals surface area (Å²) < 4.78 is 0. The van der Waals surface area contributed by atoms with E-state index in [1.165, 1.54) is 12.1 Å². The highest BCUT2D eigenvalue weighted by Crippen LogP contribution is 2.46. The van der Waals surface area contributed by atoms with Crippen LogP contribution < -0.4 is 10.2 Å². The number of benzene rings is 2. The van der Waals surface area contributed by atoms with Crippen LogP contribution in [0.1, 0.15) is 25.0 Å². The highest BCUT2D eigenvalue weighted by Gasteiger charge is 2.63. The Bertz CT molecular complexity index is 1290. The fourth-order valence-electron chi connectivity index (χ4n) is 5.73. The lowest BCUT2D eigenvalue weighted by Gasteiger charge is -2.55. The van der Waals surface area contributed by atoms with Crippen LogP contribution in [0.3, 0.4) is 0 Å². The molecule has 0 aliphatic carbocycles. The zero-order valence-electron chi connectivity index (χ0n) is 20.8. The first-order valence-corrected chi connectivity index (χ1v) is 12.4. The Morgan fingerprint density at radius 1 is 1.14 bits per heavy atom. The topological polar surface area (TPSA) is 116 Å². The van der Waals surface area contributed by atoms with Crippen LogP contribution in [0.15, 0.2) is 54.6 Å². The Balaban J connectivity index is 1.53. The molecular weight excluding hydrogens is 474 g/mol. The van der Waals surface area contributed by atoms with Crippen molar-refractivity contribution in [3.63, 3.8) is 0 Å². The number of rotatable bonds is 5. The van der Waals surface area contributed by atoms with Crippen molar-refractivity contribution in [2.45, 2.75) is 32.4 Å². The number of amides is 4. The average Bonchev–Trinajstić information content (AvgIpc) is 2.87. The summed E-state index contributed by atoms with van der Waals surface area (Å²) in [5.74, 6) is -1.20. The lowest BCUT2D eigenvalue weighted by molar-refractivity contribution is -0.384. The predicted molar refractivity (Wildman–Crippen MR) is 138 cm³/mol. The van der Waals surface area contributed by atoms with Gasteiger partial charge < -0.3 is 4.90 Å². The third-order valence-corrected chi connectivity index (χ3v) is 7.52. The van der Waals surface area contributed by atoms with Crippen molar-refractivity contribution in [3.8, 4) is 0 Å². The van der Waals surface area contributed by atoms with Crippen molar-refractivity contribution < 1.29 is 19.3 Å². The number of anilines is 1. The van der Waals surface area contributed by atoms with Crippen molar-refractivity contribution in [1.29, 1.82) is 0 Å². The highest BCUT2D eigenvalue weighted by molar-refractivity contribution is 6.20. The van der Waals surface area contributed by atoms with E-state index in [1.54, 1.807) is 19.9 Å². The number of imide groups is 2. The number of nitrogens with one attached hydrogen (secondary N) is 1. The molecule has 0 saturated carbocycles. The van der Waals surface area contributed by atoms with Gasteiger partial charge in [-0.05, 0) is 31.0 Å². The molecule has 10 nitrogen and oxygen atoms in total. The van der Waals surface area contributed by atoms with Crippen molar-refractivity contribution >= 4 is 35.3 Å². The van der Waals surface area contributed by atoms with Crippen LogP contribution >= 0.6 is 0 Å². The van der Waals surface area contributed by atoms with Crippen molar-refractivity contribution in [1.82, 2.24) is 15.1 Å². The zero-order chi connectivity index (χ0) is 26.3. The zero-order valence-corrected chi connectivity index (χ0v) is 20.8. The number of hydrogen-bond acceptors (Lipinski definition) is 7. The van der Waals surface area contributed by atoms with E-state index in [4.69, 9.17) is 0 Å². The van der Waals surface area contributed by atoms with E-state index >= 15 is 0 Å². The number of barbiturate groups is 1. The van der Waals surface area contributed by atoms with Crippen molar-refractivity contribution in [2.24, 2.45) is 5.41 Å². The second-order valence-electron chi connectivity index (χ2n) is 10.0. The first kappa shape index (κ1) is 24.6. The van der Waals surface area contributed by atoms with E-state index < -0.39 is 40.3 Å². The summed E-state index contributed by atoms with van der Waals surface area (Å²) in [5.41, 5.74) is 0.748. The monoisotopic (exact) mass is 503 g/mol. The summed E-state index contributed by atoms with van der Waals surface area (Å²) in [7, 11) is 0. The quantitative estimate of drug-likeness (QED) is 0.379. The summed E-state index contributed by atoms with van der Waals surface area (Å²) >= 11 is 0. The van der Waals surface area contributed by atoms with Gasteiger partial charge in [0.1, 0.15) is 0 Å². The number of carbonyl (C=O) groups is 3. The number of nitrogens with zero attached hydrogens (tertiary/aromatic N) is 4. The molecule has 0 unspecified atom stereocenters. The van der Waals surface area contributed by atoms with Crippen LogP contribution in [0.5, 0.6) is 0 Å². The minimum Gasteiger partial charge on any atom is -0.364 e. The SMILES string of the molecule is CC(C)N1C(=O)NC(=O)[C@@]2(Cc3cc([N+](=O)[O-])ccc3N3CCN(C/C=C/c4ccccc4)C[C@H]32)C1=O. The van der Waals surface area contributed by atoms with Gasteiger partial charge in [-0.3, -0.25) is 34.8 Å². The van der Waals surface area contributed by atoms with Gasteiger partial charge in [-0.2, -0.15) is 0 Å². The summed E-state index contributed by atoms with van der Waals surface area (Å²) in [6.07, 6.45) is 4.08. The van der Waals surface area contributed by atoms with Gasteiger partial charge in [-0.25, -0.2) is 4.79 Å². The highest BCUT2D eigenvalue weighted by atomic mass is 16.6. The maximum Gasteiger partial charge on any atom is 0.331 e. The van der Waals surface area contributed by atoms with Gasteiger partial charge in [0.2, 0.25) is 11.8 Å². The lowest BCUT2D eigenvalue weighted by Crippen LogP contribution is -2.75. The molecule has 2 aromatic carbocycles. The lowest BCUT2D eigenvalue weighted by atomic mass is 9.67. The number of urea groups is 1. The normalized spacial score (nSPS) is 24.0. The van der Waals surface area contributed by atoms with E-state index in [1.807, 2.05) is 41.3 Å². The van der Waals surface area contributed by atoms with Crippen LogP contribution in [0, 0.1) is 15.5 Å². The van der Waals surface area contributed by atoms with E-state index in [0.717, 1.165) is 16.2 Å². The van der Waals surface area contributed by atoms with Crippen LogP contribution in [0.25, 0.3) is 6.08 Å². The van der Waals surface area contributed by atoms with Gasteiger partial charge in [-0.15, -0.1) is 0 Å². The summed E-state index contributed by atoms with van der Waals surface area (Å²) in [6, 6.07) is 12.8. The van der Waals surface area contributed by atoms with Crippen molar-refractivity contribution in [2.75, 3.05) is 31.1 Å². The average molecular weight is 504 g/mol. The molecule has 5 rings (SSSR count). The number of carbonyl (C=O) groups excluding carboxylic acids is 3. The fraction of sp³-hybridized carbons (Fsp3) is 0.370. The Morgan fingerprint density at radius 2 is 1.89 bits per heavy atom. The number of fused-ring (bicyclic) bond motifs is 4. The Labute approximate surface area is 214 Å². The Morgan fingerprint density at radius 3 is 2.59 bits per heavy atom. The van der Waals surface area contributed by atoms with E-state index in [9.17, 15) is 24.5 Å². The summed E-state index contributed by atoms with van der Waals surface area (Å²) in [5, 5.41) is 13.9. The van der Waals surface area contributed by atoms with Gasteiger partial charge >= 0.3 is 6.03 Å². The molecule has 2 atom stereocenters. The van der Waals surface area contributed by atoms with Gasteiger partial charge in [-0.1, -0.05) is 42.5 Å². The second kappa shape index (κ2) is 9.44. The van der Waals surface area contributed by atoms with Crippen LogP contribution in [0.2, 0.25) is 0 Å².